The van der Waals surface area contributed by atoms with Crippen LogP contribution in [-0.4, -0.2) is 17.2 Å². The van der Waals surface area contributed by atoms with E-state index in [0.717, 1.165) is 12.2 Å². The van der Waals surface area contributed by atoms with Gasteiger partial charge in [0.1, 0.15) is 0 Å². The number of benzene rings is 1. The van der Waals surface area contributed by atoms with E-state index in [4.69, 9.17) is 4.52 Å². The molecule has 0 radical (unpaired) electrons. The predicted molar refractivity (Wildman–Crippen MR) is 75.0 cm³/mol. The maximum atomic E-state index is 5.34. The van der Waals surface area contributed by atoms with Gasteiger partial charge in [-0.15, -0.1) is 0 Å². The first kappa shape index (κ1) is 13.7. The van der Waals surface area contributed by atoms with Crippen molar-refractivity contribution in [1.82, 2.24) is 15.5 Å². The molecule has 102 valence electrons. The van der Waals surface area contributed by atoms with Gasteiger partial charge in [-0.2, -0.15) is 4.98 Å². The maximum absolute atomic E-state index is 5.34. The van der Waals surface area contributed by atoms with Crippen LogP contribution in [0, 0.1) is 0 Å². The summed E-state index contributed by atoms with van der Waals surface area (Å²) in [5.41, 5.74) is 1.23. The number of nitrogens with one attached hydrogen (secondary N) is 1. The summed E-state index contributed by atoms with van der Waals surface area (Å²) in [4.78, 5) is 4.48. The average Bonchev–Trinajstić information content (AvgIpc) is 2.93. The average molecular weight is 259 g/mol. The molecule has 4 nitrogen and oxygen atoms in total. The molecular formula is C15H21N3O. The Labute approximate surface area is 114 Å². The van der Waals surface area contributed by atoms with Crippen LogP contribution in [-0.2, 0) is 6.42 Å². The van der Waals surface area contributed by atoms with E-state index in [-0.39, 0.29) is 6.04 Å². The van der Waals surface area contributed by atoms with Crippen molar-refractivity contribution in [2.45, 2.75) is 38.6 Å². The second-order valence-electron chi connectivity index (χ2n) is 4.81. The van der Waals surface area contributed by atoms with Crippen molar-refractivity contribution in [3.05, 3.63) is 47.6 Å². The van der Waals surface area contributed by atoms with Gasteiger partial charge in [0.2, 0.25) is 5.89 Å². The van der Waals surface area contributed by atoms with Crippen LogP contribution >= 0.6 is 0 Å². The highest BCUT2D eigenvalue weighted by atomic mass is 16.5. The second-order valence-corrected chi connectivity index (χ2v) is 4.81. The molecule has 0 aliphatic carbocycles. The fourth-order valence-electron chi connectivity index (χ4n) is 1.98. The Morgan fingerprint density at radius 1 is 1.26 bits per heavy atom. The lowest BCUT2D eigenvalue weighted by molar-refractivity contribution is 0.356. The van der Waals surface area contributed by atoms with Crippen LogP contribution in [0.4, 0.5) is 0 Å². The van der Waals surface area contributed by atoms with Gasteiger partial charge in [0.15, 0.2) is 5.82 Å². The van der Waals surface area contributed by atoms with E-state index < -0.39 is 0 Å². The highest BCUT2D eigenvalue weighted by Gasteiger charge is 2.16. The summed E-state index contributed by atoms with van der Waals surface area (Å²) >= 11 is 0. The van der Waals surface area contributed by atoms with Crippen molar-refractivity contribution in [3.63, 3.8) is 0 Å². The first-order valence-electron chi connectivity index (χ1n) is 6.79. The van der Waals surface area contributed by atoms with Crippen LogP contribution in [0.5, 0.6) is 0 Å². The molecule has 0 bridgehead atoms. The van der Waals surface area contributed by atoms with Gasteiger partial charge < -0.3 is 9.84 Å². The van der Waals surface area contributed by atoms with Gasteiger partial charge in [-0.1, -0.05) is 49.3 Å². The first-order valence-corrected chi connectivity index (χ1v) is 6.79. The fraction of sp³-hybridized carbons (Fsp3) is 0.467. The molecule has 19 heavy (non-hydrogen) atoms. The molecule has 0 fully saturated rings. The molecule has 0 aliphatic rings. The quantitative estimate of drug-likeness (QED) is 0.866. The van der Waals surface area contributed by atoms with E-state index in [0.29, 0.717) is 18.2 Å². The summed E-state index contributed by atoms with van der Waals surface area (Å²) in [6, 6.07) is 10.5. The molecule has 2 unspecified atom stereocenters. The lowest BCUT2D eigenvalue weighted by Crippen LogP contribution is -2.18. The Balaban J connectivity index is 2.09. The molecule has 0 saturated heterocycles. The van der Waals surface area contributed by atoms with E-state index in [1.807, 2.05) is 25.2 Å². The van der Waals surface area contributed by atoms with E-state index in [1.165, 1.54) is 5.56 Å². The Morgan fingerprint density at radius 3 is 2.63 bits per heavy atom. The minimum Gasteiger partial charge on any atom is -0.339 e. The smallest absolute Gasteiger partial charge is 0.228 e. The molecular weight excluding hydrogens is 238 g/mol. The van der Waals surface area contributed by atoms with Crippen molar-refractivity contribution in [1.29, 1.82) is 0 Å². The maximum Gasteiger partial charge on any atom is 0.228 e. The van der Waals surface area contributed by atoms with Crippen molar-refractivity contribution in [2.24, 2.45) is 0 Å². The van der Waals surface area contributed by atoms with Gasteiger partial charge in [0.25, 0.3) is 0 Å². The number of hydrogen-bond acceptors (Lipinski definition) is 4. The predicted octanol–water partition coefficient (Wildman–Crippen LogP) is 3.09. The van der Waals surface area contributed by atoms with E-state index in [9.17, 15) is 0 Å². The highest BCUT2D eigenvalue weighted by molar-refractivity contribution is 5.19. The number of rotatable bonds is 6. The van der Waals surface area contributed by atoms with E-state index >= 15 is 0 Å². The van der Waals surface area contributed by atoms with Crippen molar-refractivity contribution >= 4 is 0 Å². The summed E-state index contributed by atoms with van der Waals surface area (Å²) in [7, 11) is 1.95. The zero-order valence-electron chi connectivity index (χ0n) is 11.8. The standard InChI is InChI=1S/C15H21N3O/c1-4-11(2)15-17-14(19-18-15)10-13(16-3)12-8-6-5-7-9-12/h5-9,11,13,16H,4,10H2,1-3H3. The normalized spacial score (nSPS) is 14.3. The largest absolute Gasteiger partial charge is 0.339 e. The molecule has 2 aromatic rings. The summed E-state index contributed by atoms with van der Waals surface area (Å²) in [5.74, 6) is 1.85. The number of nitrogens with zero attached hydrogens (tertiary/aromatic N) is 2. The molecule has 4 heteroatoms. The molecule has 1 aromatic carbocycles. The Kier molecular flexibility index (Phi) is 4.68. The summed E-state index contributed by atoms with van der Waals surface area (Å²) in [5, 5.41) is 7.35. The van der Waals surface area contributed by atoms with Gasteiger partial charge in [-0.25, -0.2) is 0 Å². The third-order valence-corrected chi connectivity index (χ3v) is 3.47. The van der Waals surface area contributed by atoms with Gasteiger partial charge in [0, 0.05) is 18.4 Å². The SMILES string of the molecule is CCC(C)c1noc(CC(NC)c2ccccc2)n1. The van der Waals surface area contributed by atoms with Gasteiger partial charge in [0.05, 0.1) is 0 Å². The number of likely N-dealkylation sites (N-methyl/N-ethyl adjacent to an activating group) is 1. The molecule has 1 aromatic heterocycles. The minimum absolute atomic E-state index is 0.200. The molecule has 0 aliphatic heterocycles. The first-order chi connectivity index (χ1) is 9.24. The summed E-state index contributed by atoms with van der Waals surface area (Å²) in [6.07, 6.45) is 1.73. The molecule has 0 spiro atoms. The molecule has 2 rings (SSSR count). The third kappa shape index (κ3) is 3.41. The lowest BCUT2D eigenvalue weighted by Gasteiger charge is -2.13. The van der Waals surface area contributed by atoms with E-state index in [2.05, 4.69) is 41.4 Å². The second kappa shape index (κ2) is 6.48. The molecule has 0 amide bonds. The summed E-state index contributed by atoms with van der Waals surface area (Å²) in [6.45, 7) is 4.24. The van der Waals surface area contributed by atoms with Crippen LogP contribution in [0.15, 0.2) is 34.9 Å². The molecule has 2 atom stereocenters. The van der Waals surface area contributed by atoms with Gasteiger partial charge in [-0.3, -0.25) is 0 Å². The monoisotopic (exact) mass is 259 g/mol. The molecule has 0 saturated carbocycles. The van der Waals surface area contributed by atoms with Crippen LogP contribution in [0.3, 0.4) is 0 Å². The van der Waals surface area contributed by atoms with Crippen molar-refractivity contribution in [3.8, 4) is 0 Å². The third-order valence-electron chi connectivity index (χ3n) is 3.47. The zero-order valence-corrected chi connectivity index (χ0v) is 11.8. The van der Waals surface area contributed by atoms with Gasteiger partial charge >= 0.3 is 0 Å². The Hall–Kier alpha value is -1.68. The van der Waals surface area contributed by atoms with Gasteiger partial charge in [-0.05, 0) is 19.0 Å². The topological polar surface area (TPSA) is 51.0 Å². The van der Waals surface area contributed by atoms with Crippen LogP contribution in [0.1, 0.15) is 49.5 Å². The van der Waals surface area contributed by atoms with Crippen LogP contribution in [0.2, 0.25) is 0 Å². The number of hydrogen-bond donors (Lipinski definition) is 1. The zero-order chi connectivity index (χ0) is 13.7. The fourth-order valence-corrected chi connectivity index (χ4v) is 1.98. The number of aromatic nitrogens is 2. The lowest BCUT2D eigenvalue weighted by atomic mass is 10.0. The van der Waals surface area contributed by atoms with Crippen molar-refractivity contribution < 1.29 is 4.52 Å². The van der Waals surface area contributed by atoms with Crippen LogP contribution < -0.4 is 5.32 Å². The minimum atomic E-state index is 0.200. The highest BCUT2D eigenvalue weighted by Crippen LogP contribution is 2.19. The Morgan fingerprint density at radius 2 is 2.00 bits per heavy atom. The van der Waals surface area contributed by atoms with E-state index in [1.54, 1.807) is 0 Å². The Bertz CT molecular complexity index is 495. The van der Waals surface area contributed by atoms with Crippen molar-refractivity contribution in [2.75, 3.05) is 7.05 Å². The molecule has 1 heterocycles. The molecule has 1 N–H and O–H groups in total. The van der Waals surface area contributed by atoms with Crippen LogP contribution in [0.25, 0.3) is 0 Å². The summed E-state index contributed by atoms with van der Waals surface area (Å²) < 4.78 is 5.34.